The van der Waals surface area contributed by atoms with E-state index < -0.39 is 0 Å². The number of hydrogen-bond donors (Lipinski definition) is 3. The summed E-state index contributed by atoms with van der Waals surface area (Å²) in [6.07, 6.45) is 2.50. The highest BCUT2D eigenvalue weighted by atomic mass is 16.5. The van der Waals surface area contributed by atoms with Crippen LogP contribution in [0.2, 0.25) is 0 Å². The van der Waals surface area contributed by atoms with Crippen LogP contribution >= 0.6 is 0 Å². The van der Waals surface area contributed by atoms with E-state index >= 15 is 0 Å². The number of rotatable bonds is 8. The molecule has 9 nitrogen and oxygen atoms in total. The number of ether oxygens (including phenoxy) is 1. The number of nitrogens with one attached hydrogen (secondary N) is 3. The lowest BCUT2D eigenvalue weighted by Gasteiger charge is -2.34. The summed E-state index contributed by atoms with van der Waals surface area (Å²) in [6.45, 7) is 4.69. The van der Waals surface area contributed by atoms with Crippen molar-refractivity contribution in [2.45, 2.75) is 6.54 Å². The second-order valence-electron chi connectivity index (χ2n) is 8.30. The number of piperazine rings is 1. The van der Waals surface area contributed by atoms with Crippen LogP contribution in [-0.2, 0) is 11.3 Å². The molecule has 34 heavy (non-hydrogen) atoms. The third kappa shape index (κ3) is 4.94. The highest BCUT2D eigenvalue weighted by Gasteiger charge is 2.15. The molecule has 5 rings (SSSR count). The number of carbonyl (C=O) groups is 1. The van der Waals surface area contributed by atoms with Crippen molar-refractivity contribution in [2.75, 3.05) is 43.4 Å². The molecule has 0 bridgehead atoms. The maximum Gasteiger partial charge on any atom is 0.233 e. The smallest absolute Gasteiger partial charge is 0.233 e. The number of aromatic amines is 1. The molecule has 3 heterocycles. The topological polar surface area (TPSA) is 98.4 Å². The van der Waals surface area contributed by atoms with Crippen molar-refractivity contribution in [3.63, 3.8) is 0 Å². The molecule has 2 aromatic heterocycles. The number of amides is 1. The average molecular weight is 458 g/mol. The normalized spacial score (nSPS) is 14.2. The molecule has 0 unspecified atom stereocenters. The van der Waals surface area contributed by atoms with Crippen molar-refractivity contribution in [3.05, 3.63) is 66.4 Å². The van der Waals surface area contributed by atoms with Gasteiger partial charge < -0.3 is 30.2 Å². The first kappa shape index (κ1) is 21.7. The van der Waals surface area contributed by atoms with Gasteiger partial charge in [0, 0.05) is 50.3 Å². The van der Waals surface area contributed by atoms with E-state index in [9.17, 15) is 4.79 Å². The Morgan fingerprint density at radius 3 is 2.50 bits per heavy atom. The van der Waals surface area contributed by atoms with Crippen LogP contribution < -0.4 is 20.3 Å². The van der Waals surface area contributed by atoms with Gasteiger partial charge in [0.2, 0.25) is 18.2 Å². The summed E-state index contributed by atoms with van der Waals surface area (Å²) in [5.41, 5.74) is 3.79. The fourth-order valence-electron chi connectivity index (χ4n) is 3.94. The molecule has 174 valence electrons. The van der Waals surface area contributed by atoms with Crippen LogP contribution in [-0.4, -0.2) is 59.5 Å². The number of fused-ring (bicyclic) bond motifs is 1. The number of likely N-dealkylation sites (N-methyl/N-ethyl adjacent to an activating group) is 1. The zero-order valence-electron chi connectivity index (χ0n) is 19.0. The number of carbonyl (C=O) groups excluding carboxylic acids is 1. The molecule has 0 radical (unpaired) electrons. The zero-order valence-corrected chi connectivity index (χ0v) is 19.0. The van der Waals surface area contributed by atoms with Crippen molar-refractivity contribution in [2.24, 2.45) is 0 Å². The Hall–Kier alpha value is -4.11. The summed E-state index contributed by atoms with van der Waals surface area (Å²) in [7, 11) is 2.16. The largest absolute Gasteiger partial charge is 0.438 e. The molecule has 1 amide bonds. The van der Waals surface area contributed by atoms with E-state index in [2.05, 4.69) is 54.6 Å². The molecule has 1 aliphatic heterocycles. The third-order valence-electron chi connectivity index (χ3n) is 5.90. The number of aromatic nitrogens is 3. The summed E-state index contributed by atoms with van der Waals surface area (Å²) in [6, 6.07) is 17.7. The Bertz CT molecular complexity index is 1250. The highest BCUT2D eigenvalue weighted by Crippen LogP contribution is 2.29. The highest BCUT2D eigenvalue weighted by molar-refractivity contribution is 5.82. The molecule has 0 spiro atoms. The van der Waals surface area contributed by atoms with Crippen LogP contribution in [0.15, 0.2) is 60.8 Å². The van der Waals surface area contributed by atoms with Gasteiger partial charge in [-0.15, -0.1) is 0 Å². The van der Waals surface area contributed by atoms with Gasteiger partial charge in [0.05, 0.1) is 5.39 Å². The first-order valence-corrected chi connectivity index (χ1v) is 11.3. The molecule has 3 N–H and O–H groups in total. The van der Waals surface area contributed by atoms with E-state index in [1.165, 1.54) is 5.69 Å². The Morgan fingerprint density at radius 1 is 1.00 bits per heavy atom. The maximum absolute atomic E-state index is 10.5. The summed E-state index contributed by atoms with van der Waals surface area (Å²) in [5.74, 6) is 1.56. The minimum absolute atomic E-state index is 0.448. The molecule has 1 saturated heterocycles. The van der Waals surface area contributed by atoms with Gasteiger partial charge in [-0.2, -0.15) is 9.97 Å². The van der Waals surface area contributed by atoms with E-state index in [0.29, 0.717) is 36.2 Å². The minimum atomic E-state index is 0.448. The lowest BCUT2D eigenvalue weighted by atomic mass is 10.2. The summed E-state index contributed by atoms with van der Waals surface area (Å²) >= 11 is 0. The van der Waals surface area contributed by atoms with Gasteiger partial charge in [-0.25, -0.2) is 0 Å². The Labute approximate surface area is 197 Å². The molecule has 1 aliphatic rings. The van der Waals surface area contributed by atoms with Crippen molar-refractivity contribution in [1.82, 2.24) is 25.2 Å². The minimum Gasteiger partial charge on any atom is -0.438 e. The first-order chi connectivity index (χ1) is 16.7. The van der Waals surface area contributed by atoms with Gasteiger partial charge in [0.15, 0.2) is 0 Å². The molecule has 0 saturated carbocycles. The lowest BCUT2D eigenvalue weighted by molar-refractivity contribution is -0.109. The van der Waals surface area contributed by atoms with Crippen molar-refractivity contribution >= 4 is 34.8 Å². The zero-order chi connectivity index (χ0) is 23.3. The molecular formula is C25H27N7O2. The quantitative estimate of drug-likeness (QED) is 0.348. The van der Waals surface area contributed by atoms with Gasteiger partial charge in [0.25, 0.3) is 0 Å². The second kappa shape index (κ2) is 9.80. The number of anilines is 3. The summed E-state index contributed by atoms with van der Waals surface area (Å²) < 4.78 is 6.08. The Balaban J connectivity index is 1.32. The van der Waals surface area contributed by atoms with E-state index in [4.69, 9.17) is 4.74 Å². The fourth-order valence-corrected chi connectivity index (χ4v) is 3.94. The van der Waals surface area contributed by atoms with Crippen molar-refractivity contribution in [3.8, 4) is 11.6 Å². The molecule has 0 aliphatic carbocycles. The van der Waals surface area contributed by atoms with Gasteiger partial charge >= 0.3 is 0 Å². The lowest BCUT2D eigenvalue weighted by Crippen LogP contribution is -2.44. The molecule has 2 aromatic carbocycles. The second-order valence-corrected chi connectivity index (χ2v) is 8.30. The van der Waals surface area contributed by atoms with Gasteiger partial charge in [-0.3, -0.25) is 4.79 Å². The molecule has 0 atom stereocenters. The van der Waals surface area contributed by atoms with Gasteiger partial charge in [0.1, 0.15) is 11.4 Å². The van der Waals surface area contributed by atoms with Crippen molar-refractivity contribution < 1.29 is 9.53 Å². The van der Waals surface area contributed by atoms with Crippen LogP contribution in [0.25, 0.3) is 11.0 Å². The third-order valence-corrected chi connectivity index (χ3v) is 5.90. The predicted octanol–water partition coefficient (Wildman–Crippen LogP) is 3.49. The van der Waals surface area contributed by atoms with Crippen molar-refractivity contribution in [1.29, 1.82) is 0 Å². The van der Waals surface area contributed by atoms with Gasteiger partial charge in [-0.1, -0.05) is 12.1 Å². The number of benzene rings is 2. The van der Waals surface area contributed by atoms with E-state index in [1.807, 2.05) is 48.7 Å². The molecule has 4 aromatic rings. The number of nitrogens with zero attached hydrogens (tertiary/aromatic N) is 4. The van der Waals surface area contributed by atoms with E-state index in [0.717, 1.165) is 42.8 Å². The molecule has 9 heteroatoms. The molecule has 1 fully saturated rings. The van der Waals surface area contributed by atoms with Crippen LogP contribution in [0.1, 0.15) is 5.56 Å². The summed E-state index contributed by atoms with van der Waals surface area (Å²) in [4.78, 5) is 27.6. The number of H-pyrrole nitrogens is 1. The standard InChI is InChI=1S/C25H27N7O2/c1-31-12-14-32(15-13-31)20-6-4-19(5-7-20)28-25-29-23-22(10-11-27-23)24(30-25)34-21-8-2-18(3-9-21)16-26-17-33/h2-11,17H,12-16H2,1H3,(H,26,33)(H2,27,28,29,30). The Morgan fingerprint density at radius 2 is 1.76 bits per heavy atom. The summed E-state index contributed by atoms with van der Waals surface area (Å²) in [5, 5.41) is 6.74. The molecular weight excluding hydrogens is 430 g/mol. The average Bonchev–Trinajstić information content (AvgIpc) is 3.34. The van der Waals surface area contributed by atoms with Crippen LogP contribution in [0.3, 0.4) is 0 Å². The number of hydrogen-bond acceptors (Lipinski definition) is 7. The predicted molar refractivity (Wildman–Crippen MR) is 133 cm³/mol. The SMILES string of the molecule is CN1CCN(c2ccc(Nc3nc(Oc4ccc(CNC=O)cc4)c4cc[nH]c4n3)cc2)CC1. The van der Waals surface area contributed by atoms with Crippen LogP contribution in [0.5, 0.6) is 11.6 Å². The monoisotopic (exact) mass is 457 g/mol. The fraction of sp³-hybridized carbons (Fsp3) is 0.240. The Kier molecular flexibility index (Phi) is 6.26. The van der Waals surface area contributed by atoms with Crippen LogP contribution in [0.4, 0.5) is 17.3 Å². The maximum atomic E-state index is 10.5. The van der Waals surface area contributed by atoms with Crippen LogP contribution in [0, 0.1) is 0 Å². The van der Waals surface area contributed by atoms with E-state index in [-0.39, 0.29) is 0 Å². The first-order valence-electron chi connectivity index (χ1n) is 11.3. The van der Waals surface area contributed by atoms with Gasteiger partial charge in [-0.05, 0) is 55.1 Å². The van der Waals surface area contributed by atoms with E-state index in [1.54, 1.807) is 0 Å².